The molecule has 2 N–H and O–H groups in total. The van der Waals surface area contributed by atoms with Crippen molar-refractivity contribution in [2.45, 2.75) is 0 Å². The molecule has 0 radical (unpaired) electrons. The fourth-order valence-electron chi connectivity index (χ4n) is 2.33. The number of nitrogens with one attached hydrogen (secondary N) is 1. The Morgan fingerprint density at radius 2 is 1.91 bits per heavy atom. The number of benzene rings is 1. The van der Waals surface area contributed by atoms with Crippen LogP contribution in [-0.4, -0.2) is 15.4 Å². The molecule has 2 aromatic heterocycles. The summed E-state index contributed by atoms with van der Waals surface area (Å²) in [4.78, 5) is 12.5. The van der Waals surface area contributed by atoms with E-state index in [0.717, 1.165) is 0 Å². The third kappa shape index (κ3) is 2.22. The molecule has 0 spiro atoms. The van der Waals surface area contributed by atoms with Gasteiger partial charge in [-0.25, -0.2) is 0 Å². The second-order valence-electron chi connectivity index (χ2n) is 4.87. The predicted octanol–water partition coefficient (Wildman–Crippen LogP) is 2.77. The van der Waals surface area contributed by atoms with Crippen molar-refractivity contribution >= 4 is 5.71 Å². The number of aromatic nitrogens is 1. The second-order valence-corrected chi connectivity index (χ2v) is 4.87. The van der Waals surface area contributed by atoms with Crippen molar-refractivity contribution in [3.05, 3.63) is 76.3 Å². The highest BCUT2D eigenvalue weighted by atomic mass is 16.3. The molecular formula is C17H14N2O3. The lowest BCUT2D eigenvalue weighted by Gasteiger charge is -2.11. The lowest BCUT2D eigenvalue weighted by molar-refractivity contribution is 0.470. The molecule has 5 nitrogen and oxygen atoms in total. The van der Waals surface area contributed by atoms with Crippen molar-refractivity contribution in [1.82, 2.24) is 4.57 Å². The highest BCUT2D eigenvalue weighted by Crippen LogP contribution is 2.25. The molecular weight excluding hydrogens is 280 g/mol. The molecule has 0 bridgehead atoms. The smallest absolute Gasteiger partial charge is 0.264 e. The summed E-state index contributed by atoms with van der Waals surface area (Å²) in [5.74, 6) is 0.246. The molecule has 0 saturated carbocycles. The van der Waals surface area contributed by atoms with Gasteiger partial charge in [0.2, 0.25) is 0 Å². The van der Waals surface area contributed by atoms with Crippen molar-refractivity contribution in [3.8, 4) is 17.2 Å². The maximum atomic E-state index is 12.5. The van der Waals surface area contributed by atoms with Crippen molar-refractivity contribution in [3.63, 3.8) is 0 Å². The first kappa shape index (κ1) is 13.9. The van der Waals surface area contributed by atoms with Crippen molar-refractivity contribution in [2.75, 3.05) is 0 Å². The van der Waals surface area contributed by atoms with Gasteiger partial charge in [-0.05, 0) is 12.1 Å². The molecule has 0 saturated heterocycles. The Morgan fingerprint density at radius 3 is 2.55 bits per heavy atom. The summed E-state index contributed by atoms with van der Waals surface area (Å²) in [7, 11) is 1.58. The van der Waals surface area contributed by atoms with Crippen molar-refractivity contribution in [2.24, 2.45) is 7.05 Å². The predicted molar refractivity (Wildman–Crippen MR) is 83.4 cm³/mol. The number of pyridine rings is 1. The minimum absolute atomic E-state index is 0.00954. The molecule has 5 heteroatoms. The van der Waals surface area contributed by atoms with Gasteiger partial charge in [-0.15, -0.1) is 0 Å². The number of furan rings is 1. The fraction of sp³-hybridized carbons (Fsp3) is 0.0588. The largest absolute Gasteiger partial charge is 0.507 e. The molecule has 1 aromatic carbocycles. The Morgan fingerprint density at radius 1 is 1.18 bits per heavy atom. The van der Waals surface area contributed by atoms with E-state index in [2.05, 4.69) is 0 Å². The maximum Gasteiger partial charge on any atom is 0.264 e. The van der Waals surface area contributed by atoms with E-state index in [1.807, 2.05) is 6.07 Å². The topological polar surface area (TPSA) is 79.2 Å². The zero-order valence-electron chi connectivity index (χ0n) is 11.9. The van der Waals surface area contributed by atoms with E-state index in [0.29, 0.717) is 17.0 Å². The summed E-state index contributed by atoms with van der Waals surface area (Å²) >= 11 is 0. The molecule has 3 aromatic rings. The second kappa shape index (κ2) is 5.37. The minimum Gasteiger partial charge on any atom is -0.507 e. The van der Waals surface area contributed by atoms with Gasteiger partial charge in [0.15, 0.2) is 0 Å². The van der Waals surface area contributed by atoms with Crippen LogP contribution < -0.4 is 5.56 Å². The molecule has 0 aliphatic heterocycles. The first-order valence-corrected chi connectivity index (χ1v) is 6.71. The molecule has 110 valence electrons. The zero-order valence-corrected chi connectivity index (χ0v) is 11.9. The normalized spacial score (nSPS) is 10.6. The van der Waals surface area contributed by atoms with Crippen LogP contribution in [0.1, 0.15) is 11.1 Å². The van der Waals surface area contributed by atoms with Gasteiger partial charge in [0.1, 0.15) is 17.1 Å². The Bertz CT molecular complexity index is 878. The van der Waals surface area contributed by atoms with E-state index in [4.69, 9.17) is 9.83 Å². The number of nitrogens with zero attached hydrogens (tertiary/aromatic N) is 1. The van der Waals surface area contributed by atoms with Gasteiger partial charge in [0, 0.05) is 18.7 Å². The standard InChI is InChI=1S/C17H14N2O3/c1-19-12(14-8-5-9-22-14)10-13(20)15(17(19)21)16(18)11-6-3-2-4-7-11/h2-10,18,20H,1H3. The number of hydrogen-bond acceptors (Lipinski definition) is 4. The summed E-state index contributed by atoms with van der Waals surface area (Å²) in [6.07, 6.45) is 1.50. The van der Waals surface area contributed by atoms with Crippen LogP contribution in [0.4, 0.5) is 0 Å². The highest BCUT2D eigenvalue weighted by molar-refractivity contribution is 6.12. The van der Waals surface area contributed by atoms with Crippen LogP contribution >= 0.6 is 0 Å². The monoisotopic (exact) mass is 294 g/mol. The minimum atomic E-state index is -0.444. The fourth-order valence-corrected chi connectivity index (χ4v) is 2.33. The van der Waals surface area contributed by atoms with Gasteiger partial charge in [-0.2, -0.15) is 0 Å². The Labute approximate surface area is 126 Å². The van der Waals surface area contributed by atoms with Gasteiger partial charge in [0.25, 0.3) is 5.56 Å². The molecule has 22 heavy (non-hydrogen) atoms. The first-order valence-electron chi connectivity index (χ1n) is 6.71. The van der Waals surface area contributed by atoms with E-state index in [1.54, 1.807) is 43.4 Å². The van der Waals surface area contributed by atoms with Gasteiger partial charge in [-0.1, -0.05) is 30.3 Å². The van der Waals surface area contributed by atoms with Crippen LogP contribution in [0.2, 0.25) is 0 Å². The first-order chi connectivity index (χ1) is 10.6. The van der Waals surface area contributed by atoms with Crippen LogP contribution in [0.3, 0.4) is 0 Å². The number of hydrogen-bond donors (Lipinski definition) is 2. The van der Waals surface area contributed by atoms with Crippen molar-refractivity contribution < 1.29 is 9.52 Å². The van der Waals surface area contributed by atoms with Crippen LogP contribution in [0, 0.1) is 5.41 Å². The average Bonchev–Trinajstić information content (AvgIpc) is 3.06. The summed E-state index contributed by atoms with van der Waals surface area (Å²) in [5, 5.41) is 18.4. The van der Waals surface area contributed by atoms with Crippen LogP contribution in [0.15, 0.2) is 64.0 Å². The van der Waals surface area contributed by atoms with E-state index in [-0.39, 0.29) is 17.0 Å². The Hall–Kier alpha value is -3.08. The van der Waals surface area contributed by atoms with E-state index in [9.17, 15) is 9.90 Å². The Balaban J connectivity index is 2.17. The SMILES string of the molecule is Cn1c(-c2ccco2)cc(O)c(C(=N)c2ccccc2)c1=O. The summed E-state index contributed by atoms with van der Waals surface area (Å²) in [6.45, 7) is 0. The lowest BCUT2D eigenvalue weighted by atomic mass is 10.0. The van der Waals surface area contributed by atoms with Crippen LogP contribution in [-0.2, 0) is 7.05 Å². The van der Waals surface area contributed by atoms with Gasteiger partial charge in [-0.3, -0.25) is 10.2 Å². The van der Waals surface area contributed by atoms with Crippen molar-refractivity contribution in [1.29, 1.82) is 5.41 Å². The van der Waals surface area contributed by atoms with E-state index >= 15 is 0 Å². The van der Waals surface area contributed by atoms with E-state index < -0.39 is 5.56 Å². The average molecular weight is 294 g/mol. The third-order valence-corrected chi connectivity index (χ3v) is 3.50. The molecule has 0 aliphatic carbocycles. The van der Waals surface area contributed by atoms with Gasteiger partial charge < -0.3 is 14.1 Å². The summed E-state index contributed by atoms with van der Waals surface area (Å²) < 4.78 is 6.64. The van der Waals surface area contributed by atoms with Crippen LogP contribution in [0.5, 0.6) is 5.75 Å². The molecule has 0 fully saturated rings. The van der Waals surface area contributed by atoms with E-state index in [1.165, 1.54) is 16.9 Å². The molecule has 3 rings (SSSR count). The molecule has 0 atom stereocenters. The quantitative estimate of drug-likeness (QED) is 0.729. The summed E-state index contributed by atoms with van der Waals surface area (Å²) in [5.41, 5.74) is 0.548. The highest BCUT2D eigenvalue weighted by Gasteiger charge is 2.19. The van der Waals surface area contributed by atoms with Crippen LogP contribution in [0.25, 0.3) is 11.5 Å². The molecule has 0 aliphatic rings. The molecule has 0 unspecified atom stereocenters. The van der Waals surface area contributed by atoms with Gasteiger partial charge >= 0.3 is 0 Å². The third-order valence-electron chi connectivity index (χ3n) is 3.50. The Kier molecular flexibility index (Phi) is 3.39. The summed E-state index contributed by atoms with van der Waals surface area (Å²) in [6, 6.07) is 13.7. The molecule has 0 amide bonds. The zero-order chi connectivity index (χ0) is 15.7. The molecule has 2 heterocycles. The number of aromatic hydroxyl groups is 1. The van der Waals surface area contributed by atoms with Gasteiger partial charge in [0.05, 0.1) is 17.7 Å². The lowest BCUT2D eigenvalue weighted by Crippen LogP contribution is -2.26. The maximum absolute atomic E-state index is 12.5. The number of rotatable bonds is 3.